The van der Waals surface area contributed by atoms with Gasteiger partial charge in [0.1, 0.15) is 5.75 Å². The number of methoxy groups -OCH3 is 1. The van der Waals surface area contributed by atoms with E-state index in [0.29, 0.717) is 11.3 Å². The molecule has 0 unspecified atom stereocenters. The molecule has 0 bridgehead atoms. The third-order valence-corrected chi connectivity index (χ3v) is 2.43. The number of ether oxygens (including phenoxy) is 1. The van der Waals surface area contributed by atoms with Gasteiger partial charge in [-0.25, -0.2) is 4.79 Å². The highest BCUT2D eigenvalue weighted by Gasteiger charge is 2.39. The Bertz CT molecular complexity index is 442. The van der Waals surface area contributed by atoms with Gasteiger partial charge < -0.3 is 9.84 Å². The normalized spacial score (nSPS) is 11.4. The Morgan fingerprint density at radius 2 is 2.00 bits per heavy atom. The van der Waals surface area contributed by atoms with E-state index in [1.807, 2.05) is 0 Å². The Morgan fingerprint density at radius 3 is 2.47 bits per heavy atom. The molecule has 1 aromatic rings. The monoisotopic (exact) mass is 244 g/mol. The number of carboxylic acid groups (broad SMARTS) is 1. The molecule has 94 valence electrons. The van der Waals surface area contributed by atoms with Crippen LogP contribution in [0.3, 0.4) is 0 Å². The Labute approximate surface area is 98.0 Å². The zero-order valence-corrected chi connectivity index (χ0v) is 9.88. The first-order valence-corrected chi connectivity index (χ1v) is 5.03. The fourth-order valence-electron chi connectivity index (χ4n) is 1.78. The molecule has 1 N–H and O–H groups in total. The van der Waals surface area contributed by atoms with Gasteiger partial charge in [0.15, 0.2) is 0 Å². The van der Waals surface area contributed by atoms with Gasteiger partial charge in [0, 0.05) is 5.56 Å². The highest BCUT2D eigenvalue weighted by atomic mass is 19.3. The summed E-state index contributed by atoms with van der Waals surface area (Å²) in [6.07, 6.45) is -0.867. The van der Waals surface area contributed by atoms with E-state index < -0.39 is 18.3 Å². The minimum absolute atomic E-state index is 0.206. The molecule has 0 aromatic heterocycles. The van der Waals surface area contributed by atoms with E-state index in [9.17, 15) is 13.6 Å². The lowest BCUT2D eigenvalue weighted by Crippen LogP contribution is -2.30. The van der Waals surface area contributed by atoms with Crippen molar-refractivity contribution in [2.75, 3.05) is 7.11 Å². The van der Waals surface area contributed by atoms with Crippen LogP contribution in [0.5, 0.6) is 5.75 Å². The van der Waals surface area contributed by atoms with Gasteiger partial charge in [-0.3, -0.25) is 0 Å². The van der Waals surface area contributed by atoms with Gasteiger partial charge in [-0.05, 0) is 19.4 Å². The third-order valence-electron chi connectivity index (χ3n) is 2.43. The molecule has 0 heterocycles. The second-order valence-corrected chi connectivity index (χ2v) is 3.96. The molecule has 1 aromatic carbocycles. The van der Waals surface area contributed by atoms with Gasteiger partial charge in [0.2, 0.25) is 0 Å². The molecule has 5 heteroatoms. The minimum Gasteiger partial charge on any atom is -0.496 e. The molecular formula is C12H14F2O3. The van der Waals surface area contributed by atoms with Crippen LogP contribution in [0.4, 0.5) is 8.78 Å². The number of hydrogen-bond acceptors (Lipinski definition) is 2. The average molecular weight is 244 g/mol. The quantitative estimate of drug-likeness (QED) is 0.885. The summed E-state index contributed by atoms with van der Waals surface area (Å²) < 4.78 is 31.3. The van der Waals surface area contributed by atoms with Crippen LogP contribution in [-0.2, 0) is 11.2 Å². The van der Waals surface area contributed by atoms with Gasteiger partial charge in [0.25, 0.3) is 0 Å². The summed E-state index contributed by atoms with van der Waals surface area (Å²) in [6.45, 7) is 3.49. The van der Waals surface area contributed by atoms with Crippen molar-refractivity contribution in [2.45, 2.75) is 26.2 Å². The SMILES string of the molecule is COc1c(C)cc(C)cc1CC(F)(F)C(=O)O. The first-order valence-electron chi connectivity index (χ1n) is 5.03. The summed E-state index contributed by atoms with van der Waals surface area (Å²) in [5.41, 5.74) is 1.71. The zero-order chi connectivity index (χ0) is 13.2. The van der Waals surface area contributed by atoms with Crippen molar-refractivity contribution in [2.24, 2.45) is 0 Å². The fourth-order valence-corrected chi connectivity index (χ4v) is 1.78. The van der Waals surface area contributed by atoms with Crippen molar-refractivity contribution in [1.29, 1.82) is 0 Å². The van der Waals surface area contributed by atoms with E-state index in [2.05, 4.69) is 0 Å². The smallest absolute Gasteiger partial charge is 0.374 e. The lowest BCUT2D eigenvalue weighted by molar-refractivity contribution is -0.164. The molecule has 0 spiro atoms. The van der Waals surface area contributed by atoms with Crippen molar-refractivity contribution in [3.8, 4) is 5.75 Å². The predicted molar refractivity (Wildman–Crippen MR) is 58.8 cm³/mol. The van der Waals surface area contributed by atoms with Crippen LogP contribution in [0.25, 0.3) is 0 Å². The average Bonchev–Trinajstić information content (AvgIpc) is 2.15. The third kappa shape index (κ3) is 2.93. The molecule has 3 nitrogen and oxygen atoms in total. The summed E-state index contributed by atoms with van der Waals surface area (Å²) in [7, 11) is 1.38. The van der Waals surface area contributed by atoms with Gasteiger partial charge in [-0.2, -0.15) is 8.78 Å². The van der Waals surface area contributed by atoms with Crippen molar-refractivity contribution < 1.29 is 23.4 Å². The largest absolute Gasteiger partial charge is 0.496 e. The molecule has 0 amide bonds. The van der Waals surface area contributed by atoms with Crippen molar-refractivity contribution in [1.82, 2.24) is 0 Å². The van der Waals surface area contributed by atoms with Crippen LogP contribution in [0.2, 0.25) is 0 Å². The van der Waals surface area contributed by atoms with E-state index in [1.54, 1.807) is 19.9 Å². The zero-order valence-electron chi connectivity index (χ0n) is 9.88. The molecule has 0 atom stereocenters. The van der Waals surface area contributed by atoms with E-state index in [4.69, 9.17) is 9.84 Å². The van der Waals surface area contributed by atoms with E-state index in [1.165, 1.54) is 13.2 Å². The summed E-state index contributed by atoms with van der Waals surface area (Å²) >= 11 is 0. The Kier molecular flexibility index (Phi) is 3.70. The number of aliphatic carboxylic acids is 1. The summed E-state index contributed by atoms with van der Waals surface area (Å²) in [5.74, 6) is -5.59. The molecule has 17 heavy (non-hydrogen) atoms. The summed E-state index contributed by atoms with van der Waals surface area (Å²) in [6, 6.07) is 3.31. The lowest BCUT2D eigenvalue weighted by atomic mass is 10.0. The fraction of sp³-hybridized carbons (Fsp3) is 0.417. The Morgan fingerprint density at radius 1 is 1.41 bits per heavy atom. The second-order valence-electron chi connectivity index (χ2n) is 3.96. The number of rotatable bonds is 4. The molecule has 0 aliphatic carbocycles. The Hall–Kier alpha value is -1.65. The van der Waals surface area contributed by atoms with Crippen LogP contribution in [0.1, 0.15) is 16.7 Å². The van der Waals surface area contributed by atoms with Crippen LogP contribution < -0.4 is 4.74 Å². The molecule has 0 saturated heterocycles. The van der Waals surface area contributed by atoms with Crippen molar-refractivity contribution >= 4 is 5.97 Å². The number of carbonyl (C=O) groups is 1. The number of aryl methyl sites for hydroxylation is 2. The van der Waals surface area contributed by atoms with Crippen LogP contribution in [0.15, 0.2) is 12.1 Å². The maximum atomic E-state index is 13.2. The molecule has 0 aliphatic rings. The van der Waals surface area contributed by atoms with Gasteiger partial charge in [0.05, 0.1) is 13.5 Å². The highest BCUT2D eigenvalue weighted by molar-refractivity contribution is 5.76. The number of alkyl halides is 2. The second kappa shape index (κ2) is 4.69. The maximum absolute atomic E-state index is 13.2. The molecule has 0 fully saturated rings. The van der Waals surface area contributed by atoms with Gasteiger partial charge in [-0.1, -0.05) is 17.7 Å². The molecular weight excluding hydrogens is 230 g/mol. The molecule has 1 rings (SSSR count). The molecule has 0 saturated carbocycles. The van der Waals surface area contributed by atoms with Crippen LogP contribution >= 0.6 is 0 Å². The molecule has 0 radical (unpaired) electrons. The van der Waals surface area contributed by atoms with E-state index in [-0.39, 0.29) is 5.56 Å². The number of halogens is 2. The molecule has 0 aliphatic heterocycles. The highest BCUT2D eigenvalue weighted by Crippen LogP contribution is 2.30. The Balaban J connectivity index is 3.18. The standard InChI is InChI=1S/C12H14F2O3/c1-7-4-8(2)10(17-3)9(5-7)6-12(13,14)11(15)16/h4-5H,6H2,1-3H3,(H,15,16). The van der Waals surface area contributed by atoms with Gasteiger partial charge in [-0.15, -0.1) is 0 Å². The van der Waals surface area contributed by atoms with Crippen molar-refractivity contribution in [3.05, 3.63) is 28.8 Å². The maximum Gasteiger partial charge on any atom is 0.374 e. The van der Waals surface area contributed by atoms with Crippen LogP contribution in [-0.4, -0.2) is 24.1 Å². The number of carboxylic acids is 1. The van der Waals surface area contributed by atoms with Crippen molar-refractivity contribution in [3.63, 3.8) is 0 Å². The first kappa shape index (κ1) is 13.4. The minimum atomic E-state index is -3.78. The number of benzene rings is 1. The summed E-state index contributed by atoms with van der Waals surface area (Å²) in [4.78, 5) is 10.4. The van der Waals surface area contributed by atoms with E-state index >= 15 is 0 Å². The lowest BCUT2D eigenvalue weighted by Gasteiger charge is -2.16. The van der Waals surface area contributed by atoms with Crippen LogP contribution in [0, 0.1) is 13.8 Å². The number of hydrogen-bond donors (Lipinski definition) is 1. The van der Waals surface area contributed by atoms with Gasteiger partial charge >= 0.3 is 11.9 Å². The predicted octanol–water partition coefficient (Wildman–Crippen LogP) is 2.57. The summed E-state index contributed by atoms with van der Waals surface area (Å²) in [5, 5.41) is 8.41. The van der Waals surface area contributed by atoms with E-state index in [0.717, 1.165) is 5.56 Å². The first-order chi connectivity index (χ1) is 7.77. The topological polar surface area (TPSA) is 46.5 Å².